The summed E-state index contributed by atoms with van der Waals surface area (Å²) in [6.45, 7) is 0. The van der Waals surface area contributed by atoms with Crippen LogP contribution in [0.5, 0.6) is 0 Å². The van der Waals surface area contributed by atoms with Gasteiger partial charge in [0.1, 0.15) is 0 Å². The molecule has 0 aliphatic carbocycles. The highest BCUT2D eigenvalue weighted by atomic mass is 32.1. The number of benzene rings is 9. The number of nitrogens with zero attached hydrogens (tertiary/aromatic N) is 2. The first-order valence-corrected chi connectivity index (χ1v) is 21.4. The van der Waals surface area contributed by atoms with Crippen molar-refractivity contribution in [3.05, 3.63) is 194 Å². The summed E-state index contributed by atoms with van der Waals surface area (Å²) in [5, 5.41) is 10.3. The second kappa shape index (κ2) is 12.3. The Kier molecular flexibility index (Phi) is 6.79. The molecule has 270 valence electrons. The minimum absolute atomic E-state index is 1.17. The maximum absolute atomic E-state index is 2.49. The zero-order chi connectivity index (χ0) is 37.9. The molecule has 0 aliphatic rings. The van der Waals surface area contributed by atoms with Crippen LogP contribution in [0, 0.1) is 0 Å². The predicted octanol–water partition coefficient (Wildman–Crippen LogP) is 16.0. The fourth-order valence-electron chi connectivity index (χ4n) is 9.54. The smallest absolute Gasteiger partial charge is 0.0541 e. The summed E-state index contributed by atoms with van der Waals surface area (Å²) < 4.78 is 10.2. The molecule has 0 spiro atoms. The molecule has 9 aromatic carbocycles. The predicted molar refractivity (Wildman–Crippen MR) is 252 cm³/mol. The van der Waals surface area contributed by atoms with Crippen molar-refractivity contribution in [2.24, 2.45) is 0 Å². The molecule has 0 atom stereocenters. The molecule has 58 heavy (non-hydrogen) atoms. The van der Waals surface area contributed by atoms with Gasteiger partial charge in [-0.1, -0.05) is 121 Å². The first-order chi connectivity index (χ1) is 28.8. The van der Waals surface area contributed by atoms with Crippen molar-refractivity contribution in [1.82, 2.24) is 9.13 Å². The molecule has 0 unspecified atom stereocenters. The number of rotatable bonds is 4. The van der Waals surface area contributed by atoms with Crippen molar-refractivity contribution >= 4 is 107 Å². The van der Waals surface area contributed by atoms with E-state index in [1.165, 1.54) is 118 Å². The lowest BCUT2D eigenvalue weighted by Gasteiger charge is -2.13. The minimum atomic E-state index is 1.17. The molecular weight excluding hydrogens is 741 g/mol. The van der Waals surface area contributed by atoms with E-state index < -0.39 is 0 Å². The van der Waals surface area contributed by atoms with Crippen molar-refractivity contribution in [1.29, 1.82) is 0 Å². The largest absolute Gasteiger partial charge is 0.309 e. The lowest BCUT2D eigenvalue weighted by molar-refractivity contribution is 1.18. The summed E-state index contributed by atoms with van der Waals surface area (Å²) in [6, 6.07) is 71.8. The summed E-state index contributed by atoms with van der Waals surface area (Å²) >= 11 is 3.81. The number of para-hydroxylation sites is 3. The summed E-state index contributed by atoms with van der Waals surface area (Å²) in [4.78, 5) is 0. The van der Waals surface area contributed by atoms with Gasteiger partial charge in [-0.25, -0.2) is 0 Å². The van der Waals surface area contributed by atoms with Crippen LogP contribution in [0.15, 0.2) is 194 Å². The average Bonchev–Trinajstić information content (AvgIpc) is 4.04. The SMILES string of the molecule is c1ccc(-n2c3ccccc3c3cc(-c4ccc5c(c4)c4ccccc4n5-c4cc(-c5cccc6c5sc5ccccc56)c5sc6ccccc6c5c4)ccc32)cc1. The van der Waals surface area contributed by atoms with E-state index in [1.54, 1.807) is 0 Å². The lowest BCUT2D eigenvalue weighted by Crippen LogP contribution is -1.95. The minimum Gasteiger partial charge on any atom is -0.309 e. The fraction of sp³-hybridized carbons (Fsp3) is 0. The van der Waals surface area contributed by atoms with E-state index >= 15 is 0 Å². The molecule has 4 aromatic heterocycles. The van der Waals surface area contributed by atoms with Crippen molar-refractivity contribution in [3.8, 4) is 33.6 Å². The van der Waals surface area contributed by atoms with E-state index in [1.807, 2.05) is 22.7 Å². The molecule has 0 fully saturated rings. The molecule has 0 radical (unpaired) electrons. The quantitative estimate of drug-likeness (QED) is 0.169. The highest BCUT2D eigenvalue weighted by molar-refractivity contribution is 7.27. The zero-order valence-corrected chi connectivity index (χ0v) is 32.8. The third kappa shape index (κ3) is 4.58. The van der Waals surface area contributed by atoms with Crippen LogP contribution >= 0.6 is 22.7 Å². The zero-order valence-electron chi connectivity index (χ0n) is 31.2. The van der Waals surface area contributed by atoms with Gasteiger partial charge in [0, 0.05) is 84.4 Å². The van der Waals surface area contributed by atoms with E-state index in [9.17, 15) is 0 Å². The van der Waals surface area contributed by atoms with Gasteiger partial charge in [0.2, 0.25) is 0 Å². The van der Waals surface area contributed by atoms with Gasteiger partial charge in [-0.15, -0.1) is 22.7 Å². The Bertz CT molecular complexity index is 3800. The van der Waals surface area contributed by atoms with Crippen LogP contribution in [0.25, 0.3) is 118 Å². The number of hydrogen-bond acceptors (Lipinski definition) is 2. The topological polar surface area (TPSA) is 9.86 Å². The van der Waals surface area contributed by atoms with E-state index in [0.29, 0.717) is 0 Å². The Morgan fingerprint density at radius 2 is 0.759 bits per heavy atom. The van der Waals surface area contributed by atoms with Crippen LogP contribution in [0.1, 0.15) is 0 Å². The van der Waals surface area contributed by atoms with Crippen molar-refractivity contribution in [3.63, 3.8) is 0 Å². The average molecular weight is 773 g/mol. The van der Waals surface area contributed by atoms with Crippen LogP contribution in [0.2, 0.25) is 0 Å². The molecule has 4 heteroatoms. The summed E-state index contributed by atoms with van der Waals surface area (Å²) in [5.74, 6) is 0. The molecule has 0 N–H and O–H groups in total. The highest BCUT2D eigenvalue weighted by Gasteiger charge is 2.20. The van der Waals surface area contributed by atoms with E-state index in [4.69, 9.17) is 0 Å². The standard InChI is InChI=1S/C54H32N2S2/c1-2-13-35(14-3-1)55-47-21-8-4-15-37(47)43-29-33(25-27-49(43)55)34-26-28-50-44(30-34)38-16-5-9-22-48(38)56(50)36-31-45-40-18-7-11-24-52(40)58-54(45)46(32-36)42-20-12-19-41-39-17-6-10-23-51(39)57-53(41)42/h1-32H. The van der Waals surface area contributed by atoms with Gasteiger partial charge in [-0.3, -0.25) is 0 Å². The summed E-state index contributed by atoms with van der Waals surface area (Å²) in [6.07, 6.45) is 0. The molecule has 0 amide bonds. The maximum Gasteiger partial charge on any atom is 0.0541 e. The summed E-state index contributed by atoms with van der Waals surface area (Å²) in [5.41, 5.74) is 12.2. The van der Waals surface area contributed by atoms with Crippen LogP contribution in [-0.2, 0) is 0 Å². The monoisotopic (exact) mass is 772 g/mol. The number of hydrogen-bond donors (Lipinski definition) is 0. The van der Waals surface area contributed by atoms with Gasteiger partial charge < -0.3 is 9.13 Å². The summed E-state index contributed by atoms with van der Waals surface area (Å²) in [7, 11) is 0. The maximum atomic E-state index is 2.49. The molecule has 13 aromatic rings. The van der Waals surface area contributed by atoms with Crippen LogP contribution in [-0.4, -0.2) is 9.13 Å². The number of aromatic nitrogens is 2. The Morgan fingerprint density at radius 1 is 0.276 bits per heavy atom. The lowest BCUT2D eigenvalue weighted by atomic mass is 9.99. The molecule has 0 aliphatic heterocycles. The second-order valence-corrected chi connectivity index (χ2v) is 17.4. The van der Waals surface area contributed by atoms with Crippen LogP contribution in [0.3, 0.4) is 0 Å². The first kappa shape index (κ1) is 32.1. The number of fused-ring (bicyclic) bond motifs is 12. The molecule has 0 bridgehead atoms. The highest BCUT2D eigenvalue weighted by Crippen LogP contribution is 2.47. The van der Waals surface area contributed by atoms with Crippen LogP contribution in [0.4, 0.5) is 0 Å². The molecule has 2 nitrogen and oxygen atoms in total. The molecule has 4 heterocycles. The van der Waals surface area contributed by atoms with Gasteiger partial charge in [-0.05, 0) is 83.9 Å². The van der Waals surface area contributed by atoms with Gasteiger partial charge >= 0.3 is 0 Å². The Balaban J connectivity index is 1.04. The van der Waals surface area contributed by atoms with Gasteiger partial charge in [0.25, 0.3) is 0 Å². The molecule has 0 saturated carbocycles. The van der Waals surface area contributed by atoms with Crippen molar-refractivity contribution < 1.29 is 0 Å². The third-order valence-electron chi connectivity index (χ3n) is 12.1. The number of thiophene rings is 2. The van der Waals surface area contributed by atoms with Gasteiger partial charge in [0.15, 0.2) is 0 Å². The molecule has 13 rings (SSSR count). The van der Waals surface area contributed by atoms with Gasteiger partial charge in [-0.2, -0.15) is 0 Å². The van der Waals surface area contributed by atoms with Crippen molar-refractivity contribution in [2.45, 2.75) is 0 Å². The van der Waals surface area contributed by atoms with Crippen molar-refractivity contribution in [2.75, 3.05) is 0 Å². The van der Waals surface area contributed by atoms with E-state index in [-0.39, 0.29) is 0 Å². The third-order valence-corrected chi connectivity index (χ3v) is 14.5. The first-order valence-electron chi connectivity index (χ1n) is 19.8. The molecule has 0 saturated heterocycles. The van der Waals surface area contributed by atoms with Crippen LogP contribution < -0.4 is 0 Å². The Hall–Kier alpha value is -6.98. The Labute approximate surface area is 341 Å². The Morgan fingerprint density at radius 3 is 1.40 bits per heavy atom. The van der Waals surface area contributed by atoms with E-state index in [2.05, 4.69) is 203 Å². The van der Waals surface area contributed by atoms with Gasteiger partial charge in [0.05, 0.1) is 22.1 Å². The molecular formula is C54H32N2S2. The van der Waals surface area contributed by atoms with E-state index in [0.717, 1.165) is 0 Å². The normalized spacial score (nSPS) is 12.1. The second-order valence-electron chi connectivity index (χ2n) is 15.3. The fourth-order valence-corrected chi connectivity index (χ4v) is 12.0.